The summed E-state index contributed by atoms with van der Waals surface area (Å²) in [6.07, 6.45) is 4.10. The topological polar surface area (TPSA) is 86.3 Å². The molecule has 0 aromatic carbocycles. The second-order valence-electron chi connectivity index (χ2n) is 5.76. The molecule has 0 radical (unpaired) electrons. The lowest BCUT2D eigenvalue weighted by Crippen LogP contribution is -2.40. The maximum Gasteiger partial charge on any atom is 0.409 e. The molecule has 7 heteroatoms. The SMILES string of the molecule is Cn1nc(C2CCCN(C(=O)OCC3CC3)C2)nc1N. The van der Waals surface area contributed by atoms with Crippen molar-refractivity contribution in [1.82, 2.24) is 19.7 Å². The second kappa shape index (κ2) is 5.30. The summed E-state index contributed by atoms with van der Waals surface area (Å²) in [5, 5.41) is 4.31. The van der Waals surface area contributed by atoms with Gasteiger partial charge in [0.1, 0.15) is 0 Å². The lowest BCUT2D eigenvalue weighted by Gasteiger charge is -2.30. The number of nitrogen functional groups attached to an aromatic ring is 1. The number of ether oxygens (including phenoxy) is 1. The average Bonchev–Trinajstić information content (AvgIpc) is 3.22. The first kappa shape index (κ1) is 13.2. The van der Waals surface area contributed by atoms with Crippen molar-refractivity contribution in [2.24, 2.45) is 13.0 Å². The minimum atomic E-state index is -0.203. The fourth-order valence-corrected chi connectivity index (χ4v) is 2.51. The van der Waals surface area contributed by atoms with E-state index in [1.807, 2.05) is 0 Å². The zero-order chi connectivity index (χ0) is 14.1. The number of amides is 1. The van der Waals surface area contributed by atoms with Gasteiger partial charge in [0.15, 0.2) is 5.82 Å². The first-order chi connectivity index (χ1) is 9.63. The molecule has 1 aliphatic heterocycles. The summed E-state index contributed by atoms with van der Waals surface area (Å²) < 4.78 is 6.90. The summed E-state index contributed by atoms with van der Waals surface area (Å²) in [4.78, 5) is 18.0. The minimum absolute atomic E-state index is 0.153. The van der Waals surface area contributed by atoms with Crippen LogP contribution in [-0.4, -0.2) is 45.5 Å². The standard InChI is InChI=1S/C13H21N5O2/c1-17-12(14)15-11(16-17)10-3-2-6-18(7-10)13(19)20-8-9-4-5-9/h9-10H,2-8H2,1H3,(H2,14,15,16). The van der Waals surface area contributed by atoms with Crippen LogP contribution in [0.2, 0.25) is 0 Å². The Hall–Kier alpha value is -1.79. The van der Waals surface area contributed by atoms with Gasteiger partial charge in [-0.05, 0) is 31.6 Å². The first-order valence-electron chi connectivity index (χ1n) is 7.21. The monoisotopic (exact) mass is 279 g/mol. The maximum atomic E-state index is 12.0. The number of carbonyl (C=O) groups is 1. The van der Waals surface area contributed by atoms with Gasteiger partial charge in [-0.1, -0.05) is 0 Å². The van der Waals surface area contributed by atoms with Crippen LogP contribution in [0.4, 0.5) is 10.7 Å². The van der Waals surface area contributed by atoms with Crippen molar-refractivity contribution in [1.29, 1.82) is 0 Å². The molecule has 1 saturated carbocycles. The highest BCUT2D eigenvalue weighted by molar-refractivity contribution is 5.67. The predicted octanol–water partition coefficient (Wildman–Crippen LogP) is 1.12. The molecule has 110 valence electrons. The summed E-state index contributed by atoms with van der Waals surface area (Å²) in [5.74, 6) is 1.88. The van der Waals surface area contributed by atoms with Crippen LogP contribution in [0.3, 0.4) is 0 Å². The van der Waals surface area contributed by atoms with Crippen LogP contribution in [0.5, 0.6) is 0 Å². The molecular weight excluding hydrogens is 258 g/mol. The van der Waals surface area contributed by atoms with Crippen LogP contribution in [0.15, 0.2) is 0 Å². The lowest BCUT2D eigenvalue weighted by atomic mass is 9.98. The number of anilines is 1. The Morgan fingerprint density at radius 3 is 2.90 bits per heavy atom. The number of likely N-dealkylation sites (tertiary alicyclic amines) is 1. The van der Waals surface area contributed by atoms with E-state index in [2.05, 4.69) is 10.1 Å². The van der Waals surface area contributed by atoms with Crippen LogP contribution in [0.25, 0.3) is 0 Å². The normalized spacial score (nSPS) is 22.9. The van der Waals surface area contributed by atoms with Crippen molar-refractivity contribution in [2.45, 2.75) is 31.6 Å². The van der Waals surface area contributed by atoms with Crippen molar-refractivity contribution in [3.63, 3.8) is 0 Å². The average molecular weight is 279 g/mol. The van der Waals surface area contributed by atoms with Gasteiger partial charge in [-0.15, -0.1) is 0 Å². The van der Waals surface area contributed by atoms with Gasteiger partial charge in [-0.2, -0.15) is 10.1 Å². The predicted molar refractivity (Wildman–Crippen MR) is 73.0 cm³/mol. The molecule has 1 unspecified atom stereocenters. The molecule has 1 amide bonds. The lowest BCUT2D eigenvalue weighted by molar-refractivity contribution is 0.0872. The summed E-state index contributed by atoms with van der Waals surface area (Å²) in [6.45, 7) is 1.93. The van der Waals surface area contributed by atoms with Gasteiger partial charge in [0, 0.05) is 26.1 Å². The third-order valence-corrected chi connectivity index (χ3v) is 4.00. The Morgan fingerprint density at radius 1 is 1.45 bits per heavy atom. The van der Waals surface area contributed by atoms with E-state index in [0.29, 0.717) is 25.0 Å². The maximum absolute atomic E-state index is 12.0. The molecule has 1 aromatic rings. The molecular formula is C13H21N5O2. The Kier molecular flexibility index (Phi) is 3.50. The number of hydrogen-bond acceptors (Lipinski definition) is 5. The number of aryl methyl sites for hydroxylation is 1. The molecule has 1 aliphatic carbocycles. The zero-order valence-corrected chi connectivity index (χ0v) is 11.8. The van der Waals surface area contributed by atoms with Crippen molar-refractivity contribution in [3.05, 3.63) is 5.82 Å². The zero-order valence-electron chi connectivity index (χ0n) is 11.8. The Labute approximate surface area is 118 Å². The van der Waals surface area contributed by atoms with Gasteiger partial charge in [-0.3, -0.25) is 0 Å². The van der Waals surface area contributed by atoms with Gasteiger partial charge in [0.25, 0.3) is 0 Å². The highest BCUT2D eigenvalue weighted by Gasteiger charge is 2.30. The van der Waals surface area contributed by atoms with Gasteiger partial charge < -0.3 is 15.4 Å². The molecule has 0 spiro atoms. The smallest absolute Gasteiger partial charge is 0.409 e. The third kappa shape index (κ3) is 2.86. The van der Waals surface area contributed by atoms with E-state index in [1.54, 1.807) is 16.6 Å². The van der Waals surface area contributed by atoms with Crippen LogP contribution in [0.1, 0.15) is 37.4 Å². The molecule has 3 rings (SSSR count). The fraction of sp³-hybridized carbons (Fsp3) is 0.769. The summed E-state index contributed by atoms with van der Waals surface area (Å²) >= 11 is 0. The summed E-state index contributed by atoms with van der Waals surface area (Å²) in [6, 6.07) is 0. The number of piperidine rings is 1. The van der Waals surface area contributed by atoms with Crippen molar-refractivity contribution in [3.8, 4) is 0 Å². The van der Waals surface area contributed by atoms with Crippen molar-refractivity contribution >= 4 is 12.0 Å². The van der Waals surface area contributed by atoms with E-state index in [9.17, 15) is 4.79 Å². The van der Waals surface area contributed by atoms with Gasteiger partial charge in [0.2, 0.25) is 5.95 Å². The minimum Gasteiger partial charge on any atom is -0.449 e. The quantitative estimate of drug-likeness (QED) is 0.896. The van der Waals surface area contributed by atoms with Crippen molar-refractivity contribution < 1.29 is 9.53 Å². The fourth-order valence-electron chi connectivity index (χ4n) is 2.51. The van der Waals surface area contributed by atoms with Crippen LogP contribution >= 0.6 is 0 Å². The van der Waals surface area contributed by atoms with Crippen LogP contribution in [0, 0.1) is 5.92 Å². The van der Waals surface area contributed by atoms with E-state index < -0.39 is 0 Å². The highest BCUT2D eigenvalue weighted by atomic mass is 16.6. The Bertz CT molecular complexity index is 477. The van der Waals surface area contributed by atoms with E-state index >= 15 is 0 Å². The van der Waals surface area contributed by atoms with Crippen molar-refractivity contribution in [2.75, 3.05) is 25.4 Å². The summed E-state index contributed by atoms with van der Waals surface area (Å²) in [7, 11) is 1.77. The molecule has 0 bridgehead atoms. The van der Waals surface area contributed by atoms with Gasteiger partial charge in [0.05, 0.1) is 6.61 Å². The first-order valence-corrected chi connectivity index (χ1v) is 7.21. The molecule has 2 aliphatic rings. The number of nitrogens with two attached hydrogens (primary N) is 1. The number of aromatic nitrogens is 3. The second-order valence-corrected chi connectivity index (χ2v) is 5.76. The van der Waals surface area contributed by atoms with Gasteiger partial charge >= 0.3 is 6.09 Å². The molecule has 1 saturated heterocycles. The molecule has 2 heterocycles. The van der Waals surface area contributed by atoms with Crippen LogP contribution < -0.4 is 5.73 Å². The molecule has 2 N–H and O–H groups in total. The Morgan fingerprint density at radius 2 is 2.25 bits per heavy atom. The highest BCUT2D eigenvalue weighted by Crippen LogP contribution is 2.30. The van der Waals surface area contributed by atoms with E-state index in [1.165, 1.54) is 12.8 Å². The molecule has 1 atom stereocenters. The summed E-state index contributed by atoms with van der Waals surface area (Å²) in [5.41, 5.74) is 5.71. The molecule has 20 heavy (non-hydrogen) atoms. The largest absolute Gasteiger partial charge is 0.449 e. The number of carbonyl (C=O) groups excluding carboxylic acids is 1. The molecule has 2 fully saturated rings. The Balaban J connectivity index is 1.58. The van der Waals surface area contributed by atoms with Gasteiger partial charge in [-0.25, -0.2) is 9.48 Å². The van der Waals surface area contributed by atoms with E-state index in [4.69, 9.17) is 10.5 Å². The van der Waals surface area contributed by atoms with Crippen LogP contribution in [-0.2, 0) is 11.8 Å². The number of hydrogen-bond donors (Lipinski definition) is 1. The van der Waals surface area contributed by atoms with E-state index in [0.717, 1.165) is 25.2 Å². The number of nitrogens with zero attached hydrogens (tertiary/aromatic N) is 4. The third-order valence-electron chi connectivity index (χ3n) is 4.00. The molecule has 1 aromatic heterocycles. The number of rotatable bonds is 3. The molecule has 7 nitrogen and oxygen atoms in total. The van der Waals surface area contributed by atoms with E-state index in [-0.39, 0.29) is 12.0 Å².